The predicted molar refractivity (Wildman–Crippen MR) is 140 cm³/mol. The molecule has 4 heterocycles. The van der Waals surface area contributed by atoms with E-state index in [0.29, 0.717) is 11.5 Å². The lowest BCUT2D eigenvalue weighted by Gasteiger charge is -2.29. The first kappa shape index (κ1) is 22.2. The highest BCUT2D eigenvalue weighted by molar-refractivity contribution is 5.94. The number of aryl methyl sites for hydroxylation is 1. The zero-order chi connectivity index (χ0) is 24.8. The molecule has 1 saturated carbocycles. The highest BCUT2D eigenvalue weighted by atomic mass is 16.2. The average molecular weight is 481 g/mol. The number of nitrogens with one attached hydrogen (secondary N) is 1. The zero-order valence-corrected chi connectivity index (χ0v) is 20.1. The summed E-state index contributed by atoms with van der Waals surface area (Å²) in [6.07, 6.45) is 8.43. The van der Waals surface area contributed by atoms with Crippen molar-refractivity contribution in [3.05, 3.63) is 72.6 Å². The molecular weight excluding hydrogens is 452 g/mol. The molecule has 0 spiro atoms. The van der Waals surface area contributed by atoms with Gasteiger partial charge in [0.2, 0.25) is 5.91 Å². The summed E-state index contributed by atoms with van der Waals surface area (Å²) in [4.78, 5) is 30.2. The number of aromatic nitrogens is 5. The highest BCUT2D eigenvalue weighted by Crippen LogP contribution is 2.39. The van der Waals surface area contributed by atoms with Gasteiger partial charge in [-0.1, -0.05) is 18.2 Å². The number of carbonyl (C=O) groups excluding carboxylic acids is 1. The van der Waals surface area contributed by atoms with Crippen LogP contribution >= 0.6 is 0 Å². The van der Waals surface area contributed by atoms with Crippen LogP contribution < -0.4 is 16.6 Å². The third kappa shape index (κ3) is 3.77. The fourth-order valence-electron chi connectivity index (χ4n) is 5.29. The normalized spacial score (nSPS) is 18.1. The number of aromatic amines is 1. The number of nitrogens with two attached hydrogens (primary N) is 2. The van der Waals surface area contributed by atoms with Crippen molar-refractivity contribution < 1.29 is 4.79 Å². The molecule has 36 heavy (non-hydrogen) atoms. The van der Waals surface area contributed by atoms with Crippen LogP contribution in [0.25, 0.3) is 27.8 Å². The molecule has 9 heteroatoms. The monoisotopic (exact) mass is 480 g/mol. The Morgan fingerprint density at radius 3 is 2.67 bits per heavy atom. The topological polar surface area (TPSA) is 131 Å². The van der Waals surface area contributed by atoms with E-state index in [-0.39, 0.29) is 17.7 Å². The molecule has 9 nitrogen and oxygen atoms in total. The molecule has 1 aliphatic carbocycles. The van der Waals surface area contributed by atoms with E-state index in [2.05, 4.69) is 31.5 Å². The summed E-state index contributed by atoms with van der Waals surface area (Å²) in [6, 6.07) is 13.9. The van der Waals surface area contributed by atoms with Gasteiger partial charge in [0.25, 0.3) is 0 Å². The van der Waals surface area contributed by atoms with Crippen molar-refractivity contribution in [1.29, 1.82) is 0 Å². The van der Waals surface area contributed by atoms with E-state index < -0.39 is 0 Å². The number of nitrogens with zero attached hydrogens (tertiary/aromatic N) is 5. The first-order valence-electron chi connectivity index (χ1n) is 12.2. The molecule has 1 aromatic carbocycles. The highest BCUT2D eigenvalue weighted by Gasteiger charge is 2.32. The fraction of sp³-hybridized carbons (Fsp3) is 0.259. The second kappa shape index (κ2) is 8.76. The molecule has 1 aliphatic rings. The van der Waals surface area contributed by atoms with Crippen molar-refractivity contribution in [3.63, 3.8) is 0 Å². The number of hydrogen-bond donors (Lipinski definition) is 3. The molecule has 0 aliphatic heterocycles. The summed E-state index contributed by atoms with van der Waals surface area (Å²) in [5, 5.41) is 2.36. The number of rotatable bonds is 4. The Labute approximate surface area is 208 Å². The summed E-state index contributed by atoms with van der Waals surface area (Å²) in [6.45, 7) is 1.90. The molecule has 0 bridgehead atoms. The Morgan fingerprint density at radius 2 is 1.92 bits per heavy atom. The van der Waals surface area contributed by atoms with Crippen molar-refractivity contribution in [2.24, 2.45) is 11.8 Å². The molecule has 0 radical (unpaired) electrons. The number of hydrogen-bond acceptors (Lipinski definition) is 6. The van der Waals surface area contributed by atoms with E-state index in [1.165, 1.54) is 5.01 Å². The first-order chi connectivity index (χ1) is 17.5. The van der Waals surface area contributed by atoms with E-state index >= 15 is 0 Å². The summed E-state index contributed by atoms with van der Waals surface area (Å²) in [5.74, 6) is 7.56. The van der Waals surface area contributed by atoms with Crippen LogP contribution in [0, 0.1) is 12.8 Å². The molecule has 0 unspecified atom stereocenters. The van der Waals surface area contributed by atoms with Crippen LogP contribution in [0.1, 0.15) is 43.1 Å². The van der Waals surface area contributed by atoms with Gasteiger partial charge in [-0.25, -0.2) is 20.8 Å². The van der Waals surface area contributed by atoms with Gasteiger partial charge in [0.1, 0.15) is 22.9 Å². The zero-order valence-electron chi connectivity index (χ0n) is 20.1. The Kier molecular flexibility index (Phi) is 5.41. The van der Waals surface area contributed by atoms with E-state index in [9.17, 15) is 4.79 Å². The SMILES string of the molecule is Cc1ccc(N(N)C(=O)[C@H]2CC[C@H](c3nc(-c4cc5ccccc5[nH]4)c4c(N)nccn43)CC2)cn1. The van der Waals surface area contributed by atoms with Gasteiger partial charge in [0, 0.05) is 40.8 Å². The number of amides is 1. The fourth-order valence-corrected chi connectivity index (χ4v) is 5.29. The van der Waals surface area contributed by atoms with Crippen molar-refractivity contribution >= 4 is 33.8 Å². The Balaban J connectivity index is 1.27. The number of para-hydroxylation sites is 1. The van der Waals surface area contributed by atoms with Gasteiger partial charge < -0.3 is 10.7 Å². The van der Waals surface area contributed by atoms with Gasteiger partial charge in [-0.05, 0) is 56.9 Å². The maximum absolute atomic E-state index is 13.1. The molecule has 4 aromatic heterocycles. The van der Waals surface area contributed by atoms with E-state index in [0.717, 1.165) is 65.0 Å². The van der Waals surface area contributed by atoms with Crippen molar-refractivity contribution in [1.82, 2.24) is 24.3 Å². The second-order valence-corrected chi connectivity index (χ2v) is 9.53. The lowest BCUT2D eigenvalue weighted by Crippen LogP contribution is -2.42. The third-order valence-corrected chi connectivity index (χ3v) is 7.25. The maximum Gasteiger partial charge on any atom is 0.244 e. The summed E-state index contributed by atoms with van der Waals surface area (Å²) in [7, 11) is 0. The number of nitrogen functional groups attached to an aromatic ring is 1. The van der Waals surface area contributed by atoms with E-state index in [4.69, 9.17) is 16.6 Å². The van der Waals surface area contributed by atoms with Crippen LogP contribution in [-0.2, 0) is 4.79 Å². The number of imidazole rings is 1. The molecular formula is C27H28N8O. The number of pyridine rings is 1. The number of anilines is 2. The largest absolute Gasteiger partial charge is 0.382 e. The lowest BCUT2D eigenvalue weighted by molar-refractivity contribution is -0.123. The molecule has 0 atom stereocenters. The number of carbonyl (C=O) groups is 1. The van der Waals surface area contributed by atoms with Crippen LogP contribution in [0.3, 0.4) is 0 Å². The van der Waals surface area contributed by atoms with Gasteiger partial charge in [-0.2, -0.15) is 0 Å². The third-order valence-electron chi connectivity index (χ3n) is 7.25. The molecule has 6 rings (SSSR count). The summed E-state index contributed by atoms with van der Waals surface area (Å²) < 4.78 is 2.06. The molecule has 182 valence electrons. The molecule has 0 saturated heterocycles. The minimum Gasteiger partial charge on any atom is -0.382 e. The van der Waals surface area contributed by atoms with E-state index in [1.54, 1.807) is 12.4 Å². The Bertz CT molecular complexity index is 1530. The quantitative estimate of drug-likeness (QED) is 0.199. The number of H-pyrrole nitrogens is 1. The lowest BCUT2D eigenvalue weighted by atomic mass is 9.81. The van der Waals surface area contributed by atoms with Crippen molar-refractivity contribution in [2.75, 3.05) is 10.7 Å². The van der Waals surface area contributed by atoms with Crippen LogP contribution in [0.5, 0.6) is 0 Å². The first-order valence-corrected chi connectivity index (χ1v) is 12.2. The average Bonchev–Trinajstić information content (AvgIpc) is 3.51. The summed E-state index contributed by atoms with van der Waals surface area (Å²) >= 11 is 0. The smallest absolute Gasteiger partial charge is 0.244 e. The van der Waals surface area contributed by atoms with Gasteiger partial charge in [-0.3, -0.25) is 14.2 Å². The molecule has 5 N–H and O–H groups in total. The Morgan fingerprint density at radius 1 is 1.11 bits per heavy atom. The number of fused-ring (bicyclic) bond motifs is 2. The van der Waals surface area contributed by atoms with Gasteiger partial charge in [0.15, 0.2) is 0 Å². The number of hydrazine groups is 1. The van der Waals surface area contributed by atoms with Gasteiger partial charge in [0.05, 0.1) is 17.6 Å². The maximum atomic E-state index is 13.1. The van der Waals surface area contributed by atoms with E-state index in [1.807, 2.05) is 43.5 Å². The van der Waals surface area contributed by atoms with Crippen molar-refractivity contribution in [2.45, 2.75) is 38.5 Å². The minimum absolute atomic E-state index is 0.0701. The van der Waals surface area contributed by atoms with Gasteiger partial charge in [-0.15, -0.1) is 0 Å². The van der Waals surface area contributed by atoms with Crippen LogP contribution in [-0.4, -0.2) is 30.2 Å². The molecule has 1 amide bonds. The molecule has 5 aromatic rings. The Hall–Kier alpha value is -4.24. The second-order valence-electron chi connectivity index (χ2n) is 9.53. The summed E-state index contributed by atoms with van der Waals surface area (Å²) in [5.41, 5.74) is 11.4. The predicted octanol–water partition coefficient (Wildman–Crippen LogP) is 4.34. The van der Waals surface area contributed by atoms with Crippen LogP contribution in [0.15, 0.2) is 61.1 Å². The minimum atomic E-state index is -0.126. The molecule has 1 fully saturated rings. The number of benzene rings is 1. The van der Waals surface area contributed by atoms with Gasteiger partial charge >= 0.3 is 0 Å². The van der Waals surface area contributed by atoms with Crippen LogP contribution in [0.4, 0.5) is 11.5 Å². The van der Waals surface area contributed by atoms with Crippen molar-refractivity contribution in [3.8, 4) is 11.4 Å². The standard InChI is InChI=1S/C27H28N8O/c1-16-6-11-20(15-31-16)35(29)27(36)18-9-7-17(8-10-18)26-33-23(24-25(28)30-12-13-34(24)26)22-14-19-4-2-3-5-21(19)32-22/h2-6,11-15,17-18,32H,7-10,29H2,1H3,(H2,28,30)/t17-,18-. The van der Waals surface area contributed by atoms with Crippen LogP contribution in [0.2, 0.25) is 0 Å².